The highest BCUT2D eigenvalue weighted by molar-refractivity contribution is 7.22. The Morgan fingerprint density at radius 3 is 2.53 bits per heavy atom. The molecule has 0 aliphatic rings. The highest BCUT2D eigenvalue weighted by Gasteiger charge is 2.31. The van der Waals surface area contributed by atoms with Crippen LogP contribution in [-0.2, 0) is 23.9 Å². The lowest BCUT2D eigenvalue weighted by Gasteiger charge is -2.07. The Morgan fingerprint density at radius 1 is 1.17 bits per heavy atom. The van der Waals surface area contributed by atoms with Gasteiger partial charge in [-0.3, -0.25) is 9.59 Å². The van der Waals surface area contributed by atoms with Crippen LogP contribution in [-0.4, -0.2) is 25.8 Å². The van der Waals surface area contributed by atoms with E-state index in [4.69, 9.17) is 28.3 Å². The predicted molar refractivity (Wildman–Crippen MR) is 109 cm³/mol. The van der Waals surface area contributed by atoms with E-state index in [0.717, 1.165) is 39.5 Å². The summed E-state index contributed by atoms with van der Waals surface area (Å²) in [5.74, 6) is -1.17. The van der Waals surface area contributed by atoms with Crippen molar-refractivity contribution in [3.63, 3.8) is 0 Å². The van der Waals surface area contributed by atoms with Crippen molar-refractivity contribution in [1.82, 2.24) is 14.8 Å². The number of carbonyl (C=O) groups is 1. The van der Waals surface area contributed by atoms with Gasteiger partial charge in [0, 0.05) is 5.39 Å². The molecule has 4 rings (SSSR count). The van der Waals surface area contributed by atoms with Crippen LogP contribution in [0.5, 0.6) is 0 Å². The molecule has 0 bridgehead atoms. The van der Waals surface area contributed by atoms with E-state index in [1.54, 1.807) is 0 Å². The maximum Gasteiger partial charge on any atom is 0.416 e. The Kier molecular flexibility index (Phi) is 5.25. The first-order valence-electron chi connectivity index (χ1n) is 8.10. The van der Waals surface area contributed by atoms with Gasteiger partial charge in [0.1, 0.15) is 13.7 Å². The fraction of sp³-hybridized carbons (Fsp3) is 0.176. The van der Waals surface area contributed by atoms with Crippen LogP contribution in [0.2, 0.25) is 8.67 Å². The van der Waals surface area contributed by atoms with E-state index in [-0.39, 0.29) is 37.2 Å². The molecule has 1 N–H and O–H groups in total. The number of carboxylic acid groups (broad SMARTS) is 1. The van der Waals surface area contributed by atoms with Gasteiger partial charge in [-0.1, -0.05) is 23.2 Å². The summed E-state index contributed by atoms with van der Waals surface area (Å²) >= 11 is 14.3. The van der Waals surface area contributed by atoms with E-state index >= 15 is 0 Å². The molecule has 30 heavy (non-hydrogen) atoms. The second-order valence-corrected chi connectivity index (χ2v) is 9.51. The lowest BCUT2D eigenvalue weighted by Crippen LogP contribution is -2.25. The molecule has 3 heterocycles. The summed E-state index contributed by atoms with van der Waals surface area (Å²) in [6.45, 7) is -0.161. The van der Waals surface area contributed by atoms with Gasteiger partial charge in [-0.05, 0) is 18.2 Å². The average Bonchev–Trinajstić information content (AvgIpc) is 3.16. The van der Waals surface area contributed by atoms with Crippen molar-refractivity contribution in [2.24, 2.45) is 0 Å². The Morgan fingerprint density at radius 2 is 1.87 bits per heavy atom. The molecule has 0 spiro atoms. The molecular weight excluding hydrogens is 486 g/mol. The van der Waals surface area contributed by atoms with Gasteiger partial charge in [0.2, 0.25) is 0 Å². The van der Waals surface area contributed by atoms with Crippen molar-refractivity contribution in [1.29, 1.82) is 0 Å². The number of thiazole rings is 1. The number of nitrogens with zero attached hydrogens (tertiary/aromatic N) is 3. The van der Waals surface area contributed by atoms with E-state index < -0.39 is 29.7 Å². The maximum absolute atomic E-state index is 12.9. The Hall–Kier alpha value is -2.21. The van der Waals surface area contributed by atoms with E-state index in [9.17, 15) is 22.8 Å². The van der Waals surface area contributed by atoms with Crippen molar-refractivity contribution in [3.8, 4) is 0 Å². The molecule has 0 aliphatic heterocycles. The first-order chi connectivity index (χ1) is 14.0. The molecule has 0 saturated heterocycles. The second kappa shape index (κ2) is 7.49. The number of rotatable bonds is 4. The number of halogens is 5. The van der Waals surface area contributed by atoms with Gasteiger partial charge in [0.25, 0.3) is 5.56 Å². The zero-order chi connectivity index (χ0) is 21.8. The Bertz CT molecular complexity index is 1380. The van der Waals surface area contributed by atoms with Crippen molar-refractivity contribution >= 4 is 72.8 Å². The molecule has 156 valence electrons. The summed E-state index contributed by atoms with van der Waals surface area (Å²) in [5.41, 5.74) is -1.22. The van der Waals surface area contributed by atoms with Gasteiger partial charge in [-0.15, -0.1) is 22.7 Å². The fourth-order valence-electron chi connectivity index (χ4n) is 2.92. The summed E-state index contributed by atoms with van der Waals surface area (Å²) in [5, 5.41) is 13.8. The topological polar surface area (TPSA) is 85.1 Å². The summed E-state index contributed by atoms with van der Waals surface area (Å²) in [6, 6.07) is 3.20. The molecule has 0 fully saturated rings. The van der Waals surface area contributed by atoms with Crippen molar-refractivity contribution < 1.29 is 23.1 Å². The molecule has 0 unspecified atom stereocenters. The highest BCUT2D eigenvalue weighted by Crippen LogP contribution is 2.38. The van der Waals surface area contributed by atoms with Crippen LogP contribution in [0, 0.1) is 0 Å². The van der Waals surface area contributed by atoms with Crippen molar-refractivity contribution in [3.05, 3.63) is 53.5 Å². The van der Waals surface area contributed by atoms with Crippen LogP contribution in [0.1, 0.15) is 16.3 Å². The third-order valence-electron chi connectivity index (χ3n) is 4.16. The minimum Gasteiger partial charge on any atom is -0.481 e. The zero-order valence-corrected chi connectivity index (χ0v) is 17.6. The number of hydrogen-bond acceptors (Lipinski definition) is 6. The lowest BCUT2D eigenvalue weighted by molar-refractivity contribution is -0.138. The number of carboxylic acids is 1. The predicted octanol–water partition coefficient (Wildman–Crippen LogP) is 5.07. The quantitative estimate of drug-likeness (QED) is 0.429. The van der Waals surface area contributed by atoms with Crippen LogP contribution in [0.15, 0.2) is 23.0 Å². The summed E-state index contributed by atoms with van der Waals surface area (Å²) in [4.78, 5) is 28.2. The fourth-order valence-corrected chi connectivity index (χ4v) is 5.58. The van der Waals surface area contributed by atoms with Gasteiger partial charge in [0.15, 0.2) is 0 Å². The molecule has 13 heteroatoms. The van der Waals surface area contributed by atoms with Gasteiger partial charge in [0.05, 0.1) is 39.8 Å². The molecule has 1 aromatic carbocycles. The summed E-state index contributed by atoms with van der Waals surface area (Å²) < 4.78 is 40.5. The smallest absolute Gasteiger partial charge is 0.416 e. The minimum atomic E-state index is -4.50. The first kappa shape index (κ1) is 21.0. The van der Waals surface area contributed by atoms with E-state index in [0.29, 0.717) is 9.71 Å². The number of fused-ring (bicyclic) bond motifs is 2. The Balaban J connectivity index is 1.82. The standard InChI is InChI=1S/C17H8Cl2F3N3O3S2/c18-14-12-8(4-11(26)27)24-25(16(28)13(12)15(19)30-14)5-10-23-7-3-6(17(20,21)22)1-2-9(7)29-10/h1-3H,4-5H2,(H,26,27). The summed E-state index contributed by atoms with van der Waals surface area (Å²) in [7, 11) is 0. The summed E-state index contributed by atoms with van der Waals surface area (Å²) in [6.07, 6.45) is -4.99. The molecule has 3 aromatic heterocycles. The SMILES string of the molecule is O=C(O)Cc1nn(Cc2nc3cc(C(F)(F)F)ccc3s2)c(=O)c2c(Cl)sc(Cl)c12. The van der Waals surface area contributed by atoms with Crippen LogP contribution >= 0.6 is 45.9 Å². The normalized spacial score (nSPS) is 12.2. The highest BCUT2D eigenvalue weighted by atomic mass is 35.5. The van der Waals surface area contributed by atoms with Gasteiger partial charge in [-0.2, -0.15) is 18.3 Å². The molecule has 0 aliphatic carbocycles. The number of alkyl halides is 3. The first-order valence-corrected chi connectivity index (χ1v) is 10.5. The van der Waals surface area contributed by atoms with Crippen molar-refractivity contribution in [2.45, 2.75) is 19.1 Å². The zero-order valence-electron chi connectivity index (χ0n) is 14.5. The minimum absolute atomic E-state index is 0.0541. The van der Waals surface area contributed by atoms with Gasteiger partial charge in [-0.25, -0.2) is 9.67 Å². The maximum atomic E-state index is 12.9. The number of benzene rings is 1. The second-order valence-electron chi connectivity index (χ2n) is 6.17. The van der Waals surface area contributed by atoms with E-state index in [2.05, 4.69) is 10.1 Å². The molecule has 4 aromatic rings. The van der Waals surface area contributed by atoms with E-state index in [1.807, 2.05) is 0 Å². The van der Waals surface area contributed by atoms with Crippen LogP contribution in [0.25, 0.3) is 21.0 Å². The molecule has 0 amide bonds. The Labute approximate surface area is 183 Å². The average molecular weight is 494 g/mol. The number of aromatic nitrogens is 3. The van der Waals surface area contributed by atoms with E-state index in [1.165, 1.54) is 6.07 Å². The van der Waals surface area contributed by atoms with Crippen molar-refractivity contribution in [2.75, 3.05) is 0 Å². The number of hydrogen-bond donors (Lipinski definition) is 1. The van der Waals surface area contributed by atoms with Gasteiger partial charge < -0.3 is 5.11 Å². The molecular formula is C17H8Cl2F3N3O3S2. The van der Waals surface area contributed by atoms with Gasteiger partial charge >= 0.3 is 12.1 Å². The number of aliphatic carboxylic acids is 1. The molecule has 0 saturated carbocycles. The van der Waals surface area contributed by atoms with Crippen LogP contribution < -0.4 is 5.56 Å². The molecule has 0 atom stereocenters. The molecule has 0 radical (unpaired) electrons. The third kappa shape index (κ3) is 3.78. The molecule has 6 nitrogen and oxygen atoms in total. The number of thiophene rings is 1. The lowest BCUT2D eigenvalue weighted by atomic mass is 10.2. The van der Waals surface area contributed by atoms with Crippen LogP contribution in [0.4, 0.5) is 13.2 Å². The largest absolute Gasteiger partial charge is 0.481 e. The van der Waals surface area contributed by atoms with Crippen LogP contribution in [0.3, 0.4) is 0 Å². The monoisotopic (exact) mass is 493 g/mol. The third-order valence-corrected chi connectivity index (χ3v) is 6.79.